The molecule has 7 heteroatoms. The fourth-order valence-electron chi connectivity index (χ4n) is 3.10. The van der Waals surface area contributed by atoms with E-state index in [-0.39, 0.29) is 0 Å². The molecule has 0 aromatic carbocycles. The number of aryl methyl sites for hydroxylation is 1. The van der Waals surface area contributed by atoms with E-state index in [0.29, 0.717) is 0 Å². The molecule has 0 atom stereocenters. The van der Waals surface area contributed by atoms with Crippen molar-refractivity contribution < 1.29 is 0 Å². The zero-order valence-corrected chi connectivity index (χ0v) is 13.8. The maximum absolute atomic E-state index is 4.55. The molecule has 0 fully saturated rings. The highest BCUT2D eigenvalue weighted by atomic mass is 15.1. The zero-order valence-electron chi connectivity index (χ0n) is 13.8. The number of hydrogen-bond acceptors (Lipinski definition) is 4. The summed E-state index contributed by atoms with van der Waals surface area (Å²) in [7, 11) is 1.99. The molecule has 5 heterocycles. The minimum Gasteiger partial charge on any atom is -0.353 e. The first-order valence-electron chi connectivity index (χ1n) is 7.96. The maximum atomic E-state index is 4.55. The summed E-state index contributed by atoms with van der Waals surface area (Å²) < 4.78 is 2.03. The summed E-state index contributed by atoms with van der Waals surface area (Å²) in [5.41, 5.74) is 5.61. The molecule has 0 radical (unpaired) electrons. The van der Waals surface area contributed by atoms with Gasteiger partial charge in [-0.1, -0.05) is 0 Å². The SMILES string of the molecule is Cc1ncc(-c2cc3c(-c4cc5cnccc5[nH]4)n[nH]c3cn2)n1C. The summed E-state index contributed by atoms with van der Waals surface area (Å²) in [4.78, 5) is 16.5. The third-order valence-electron chi connectivity index (χ3n) is 4.61. The third kappa shape index (κ3) is 2.06. The van der Waals surface area contributed by atoms with Gasteiger partial charge in [-0.05, 0) is 25.1 Å². The fraction of sp³-hybridized carbons (Fsp3) is 0.111. The van der Waals surface area contributed by atoms with Gasteiger partial charge in [0.15, 0.2) is 0 Å². The molecule has 5 rings (SSSR count). The van der Waals surface area contributed by atoms with Gasteiger partial charge >= 0.3 is 0 Å². The van der Waals surface area contributed by atoms with E-state index in [0.717, 1.165) is 50.4 Å². The van der Waals surface area contributed by atoms with Crippen molar-refractivity contribution in [2.24, 2.45) is 7.05 Å². The number of nitrogens with one attached hydrogen (secondary N) is 2. The summed E-state index contributed by atoms with van der Waals surface area (Å²) in [6, 6.07) is 6.07. The van der Waals surface area contributed by atoms with E-state index in [1.165, 1.54) is 0 Å². The van der Waals surface area contributed by atoms with E-state index in [1.807, 2.05) is 49.3 Å². The van der Waals surface area contributed by atoms with Crippen LogP contribution in [0.5, 0.6) is 0 Å². The van der Waals surface area contributed by atoms with Crippen LogP contribution in [0.15, 0.2) is 43.0 Å². The van der Waals surface area contributed by atoms with Gasteiger partial charge in [-0.15, -0.1) is 0 Å². The number of aromatic nitrogens is 7. The van der Waals surface area contributed by atoms with Crippen molar-refractivity contribution in [1.82, 2.24) is 34.7 Å². The number of aromatic amines is 2. The Hall–Kier alpha value is -3.48. The van der Waals surface area contributed by atoms with Crippen LogP contribution >= 0.6 is 0 Å². The monoisotopic (exact) mass is 329 g/mol. The van der Waals surface area contributed by atoms with Gasteiger partial charge in [0, 0.05) is 35.7 Å². The standard InChI is InChI=1S/C18H15N7/c1-10-20-9-17(25(10)2)14-6-12-16(8-21-14)23-24-18(12)15-5-11-7-19-4-3-13(11)22-15/h3-9,22H,1-2H3,(H,23,24). The highest BCUT2D eigenvalue weighted by molar-refractivity contribution is 5.96. The van der Waals surface area contributed by atoms with Gasteiger partial charge in [0.1, 0.15) is 11.5 Å². The summed E-state index contributed by atoms with van der Waals surface area (Å²) in [5, 5.41) is 9.62. The molecule has 0 spiro atoms. The smallest absolute Gasteiger partial charge is 0.116 e. The van der Waals surface area contributed by atoms with Crippen molar-refractivity contribution in [3.63, 3.8) is 0 Å². The van der Waals surface area contributed by atoms with E-state index in [1.54, 1.807) is 6.20 Å². The molecule has 0 bridgehead atoms. The number of nitrogens with zero attached hydrogens (tertiary/aromatic N) is 5. The number of fused-ring (bicyclic) bond motifs is 2. The number of imidazole rings is 1. The molecule has 2 N–H and O–H groups in total. The van der Waals surface area contributed by atoms with Crippen LogP contribution in [0, 0.1) is 6.92 Å². The van der Waals surface area contributed by atoms with Crippen molar-refractivity contribution in [2.45, 2.75) is 6.92 Å². The molecule has 7 nitrogen and oxygen atoms in total. The van der Waals surface area contributed by atoms with E-state index in [2.05, 4.69) is 36.2 Å². The second-order valence-electron chi connectivity index (χ2n) is 6.08. The average Bonchev–Trinajstić information content (AvgIpc) is 3.31. The van der Waals surface area contributed by atoms with Crippen LogP contribution in [-0.4, -0.2) is 34.7 Å². The lowest BCUT2D eigenvalue weighted by atomic mass is 10.1. The Morgan fingerprint density at radius 1 is 1.04 bits per heavy atom. The Balaban J connectivity index is 1.71. The molecular formula is C18H15N7. The normalized spacial score (nSPS) is 11.6. The summed E-state index contributed by atoms with van der Waals surface area (Å²) in [6.07, 6.45) is 7.28. The van der Waals surface area contributed by atoms with Crippen LogP contribution in [0.2, 0.25) is 0 Å². The van der Waals surface area contributed by atoms with Crippen LogP contribution in [0.25, 0.3) is 44.6 Å². The van der Waals surface area contributed by atoms with Gasteiger partial charge in [0.05, 0.1) is 35.0 Å². The van der Waals surface area contributed by atoms with Crippen LogP contribution in [0.4, 0.5) is 0 Å². The zero-order chi connectivity index (χ0) is 17.0. The first-order chi connectivity index (χ1) is 12.2. The molecule has 0 unspecified atom stereocenters. The van der Waals surface area contributed by atoms with Gasteiger partial charge in [-0.3, -0.25) is 15.1 Å². The van der Waals surface area contributed by atoms with E-state index < -0.39 is 0 Å². The van der Waals surface area contributed by atoms with Crippen molar-refractivity contribution in [1.29, 1.82) is 0 Å². The van der Waals surface area contributed by atoms with Gasteiger partial charge in [0.25, 0.3) is 0 Å². The highest BCUT2D eigenvalue weighted by Crippen LogP contribution is 2.30. The molecule has 0 saturated carbocycles. The quantitative estimate of drug-likeness (QED) is 0.520. The topological polar surface area (TPSA) is 88.1 Å². The largest absolute Gasteiger partial charge is 0.353 e. The molecule has 122 valence electrons. The van der Waals surface area contributed by atoms with Gasteiger partial charge < -0.3 is 9.55 Å². The molecule has 0 amide bonds. The number of rotatable bonds is 2. The Bertz CT molecular complexity index is 1190. The first-order valence-corrected chi connectivity index (χ1v) is 7.96. The number of pyridine rings is 2. The predicted molar refractivity (Wildman–Crippen MR) is 95.9 cm³/mol. The molecule has 25 heavy (non-hydrogen) atoms. The second kappa shape index (κ2) is 5.01. The fourth-order valence-corrected chi connectivity index (χ4v) is 3.10. The van der Waals surface area contributed by atoms with Crippen LogP contribution < -0.4 is 0 Å². The van der Waals surface area contributed by atoms with E-state index in [4.69, 9.17) is 0 Å². The number of hydrogen-bond donors (Lipinski definition) is 2. The Morgan fingerprint density at radius 3 is 2.76 bits per heavy atom. The van der Waals surface area contributed by atoms with Crippen molar-refractivity contribution in [2.75, 3.05) is 0 Å². The summed E-state index contributed by atoms with van der Waals surface area (Å²) >= 11 is 0. The van der Waals surface area contributed by atoms with Gasteiger partial charge in [-0.25, -0.2) is 4.98 Å². The third-order valence-corrected chi connectivity index (χ3v) is 4.61. The molecule has 0 aliphatic carbocycles. The van der Waals surface area contributed by atoms with Gasteiger partial charge in [-0.2, -0.15) is 5.10 Å². The van der Waals surface area contributed by atoms with Crippen LogP contribution in [0.3, 0.4) is 0 Å². The van der Waals surface area contributed by atoms with Crippen molar-refractivity contribution in [3.05, 3.63) is 48.8 Å². The molecule has 5 aromatic rings. The van der Waals surface area contributed by atoms with E-state index >= 15 is 0 Å². The maximum Gasteiger partial charge on any atom is 0.116 e. The first kappa shape index (κ1) is 13.9. The molecule has 5 aromatic heterocycles. The predicted octanol–water partition coefficient (Wildman–Crippen LogP) is 3.21. The van der Waals surface area contributed by atoms with E-state index in [9.17, 15) is 0 Å². The van der Waals surface area contributed by atoms with Crippen LogP contribution in [-0.2, 0) is 7.05 Å². The molecule has 0 aliphatic rings. The lowest BCUT2D eigenvalue weighted by Gasteiger charge is -2.03. The molecular weight excluding hydrogens is 314 g/mol. The Kier molecular flexibility index (Phi) is 2.79. The van der Waals surface area contributed by atoms with Gasteiger partial charge in [0.2, 0.25) is 0 Å². The van der Waals surface area contributed by atoms with Crippen molar-refractivity contribution >= 4 is 21.8 Å². The van der Waals surface area contributed by atoms with Crippen LogP contribution in [0.1, 0.15) is 5.82 Å². The molecule has 0 aliphatic heterocycles. The summed E-state index contributed by atoms with van der Waals surface area (Å²) in [5.74, 6) is 0.951. The lowest BCUT2D eigenvalue weighted by molar-refractivity contribution is 0.862. The highest BCUT2D eigenvalue weighted by Gasteiger charge is 2.14. The minimum atomic E-state index is 0.869. The summed E-state index contributed by atoms with van der Waals surface area (Å²) in [6.45, 7) is 1.98. The average molecular weight is 329 g/mol. The molecule has 0 saturated heterocycles. The Labute approximate surface area is 142 Å². The van der Waals surface area contributed by atoms with Crippen molar-refractivity contribution in [3.8, 4) is 22.8 Å². The minimum absolute atomic E-state index is 0.869. The second-order valence-corrected chi connectivity index (χ2v) is 6.08. The lowest BCUT2D eigenvalue weighted by Crippen LogP contribution is -1.95. The number of H-pyrrole nitrogens is 2. The Morgan fingerprint density at radius 2 is 1.96 bits per heavy atom.